The van der Waals surface area contributed by atoms with Gasteiger partial charge in [0.25, 0.3) is 0 Å². The molecule has 5 heteroatoms. The Bertz CT molecular complexity index is 287. The second-order valence-electron chi connectivity index (χ2n) is 4.40. The Balaban J connectivity index is 0.00000112. The number of hydrogen-bond donors (Lipinski definition) is 1. The zero-order chi connectivity index (χ0) is 10.0. The fourth-order valence-corrected chi connectivity index (χ4v) is 1.83. The van der Waals surface area contributed by atoms with E-state index >= 15 is 0 Å². The highest BCUT2D eigenvalue weighted by Gasteiger charge is 2.29. The quantitative estimate of drug-likeness (QED) is 0.833. The van der Waals surface area contributed by atoms with Gasteiger partial charge in [0.2, 0.25) is 0 Å². The minimum absolute atomic E-state index is 0. The molecular formula is C10H18ClN3O. The van der Waals surface area contributed by atoms with Crippen LogP contribution in [0.4, 0.5) is 0 Å². The minimum atomic E-state index is 0. The number of piperazine rings is 1. The molecular weight excluding hydrogens is 214 g/mol. The molecule has 15 heavy (non-hydrogen) atoms. The van der Waals surface area contributed by atoms with E-state index in [0.717, 1.165) is 31.9 Å². The molecule has 0 aliphatic carbocycles. The lowest BCUT2D eigenvalue weighted by molar-refractivity contribution is 0.0803. The molecule has 1 aliphatic rings. The summed E-state index contributed by atoms with van der Waals surface area (Å²) in [5.41, 5.74) is 1.22. The maximum Gasteiger partial charge on any atom is 0.124 e. The van der Waals surface area contributed by atoms with E-state index in [0.29, 0.717) is 0 Å². The molecule has 0 atom stereocenters. The van der Waals surface area contributed by atoms with Crippen LogP contribution in [0.25, 0.3) is 0 Å². The van der Waals surface area contributed by atoms with Gasteiger partial charge in [0.05, 0.1) is 5.69 Å². The van der Waals surface area contributed by atoms with E-state index in [1.165, 1.54) is 0 Å². The normalized spacial score (nSPS) is 20.9. The Labute approximate surface area is 96.4 Å². The predicted molar refractivity (Wildman–Crippen MR) is 61.1 cm³/mol. The summed E-state index contributed by atoms with van der Waals surface area (Å²) in [7, 11) is 0. The van der Waals surface area contributed by atoms with Crippen LogP contribution in [0.1, 0.15) is 19.5 Å². The summed E-state index contributed by atoms with van der Waals surface area (Å²) in [5.74, 6) is 0. The highest BCUT2D eigenvalue weighted by Crippen LogP contribution is 2.18. The molecule has 4 nitrogen and oxygen atoms in total. The molecule has 1 N–H and O–H groups in total. The Kier molecular flexibility index (Phi) is 4.13. The van der Waals surface area contributed by atoms with Gasteiger partial charge >= 0.3 is 0 Å². The third-order valence-corrected chi connectivity index (χ3v) is 2.82. The summed E-state index contributed by atoms with van der Waals surface area (Å²) in [6.45, 7) is 8.54. The fourth-order valence-electron chi connectivity index (χ4n) is 1.83. The Morgan fingerprint density at radius 2 is 2.40 bits per heavy atom. The van der Waals surface area contributed by atoms with Crippen molar-refractivity contribution in [1.29, 1.82) is 0 Å². The first-order chi connectivity index (χ1) is 6.68. The van der Waals surface area contributed by atoms with Crippen LogP contribution in [0.15, 0.2) is 16.9 Å². The number of rotatable bonds is 2. The molecule has 0 saturated carbocycles. The van der Waals surface area contributed by atoms with Gasteiger partial charge in [-0.25, -0.2) is 0 Å². The highest BCUT2D eigenvalue weighted by atomic mass is 35.5. The van der Waals surface area contributed by atoms with Crippen LogP contribution in [0, 0.1) is 0 Å². The van der Waals surface area contributed by atoms with Crippen molar-refractivity contribution in [2.45, 2.75) is 25.9 Å². The SMILES string of the molecule is CC1(C)CNCCN1Cc1ccon1.Cl. The summed E-state index contributed by atoms with van der Waals surface area (Å²) in [6.07, 6.45) is 1.63. The first-order valence-corrected chi connectivity index (χ1v) is 5.03. The van der Waals surface area contributed by atoms with Crippen molar-refractivity contribution < 1.29 is 4.52 Å². The first kappa shape index (κ1) is 12.5. The lowest BCUT2D eigenvalue weighted by Gasteiger charge is -2.42. The van der Waals surface area contributed by atoms with E-state index in [1.807, 2.05) is 6.07 Å². The Hall–Kier alpha value is -0.580. The van der Waals surface area contributed by atoms with Gasteiger partial charge in [-0.05, 0) is 13.8 Å². The second-order valence-corrected chi connectivity index (χ2v) is 4.40. The van der Waals surface area contributed by atoms with E-state index in [-0.39, 0.29) is 17.9 Å². The maximum absolute atomic E-state index is 4.83. The van der Waals surface area contributed by atoms with E-state index in [1.54, 1.807) is 6.26 Å². The molecule has 1 fully saturated rings. The fraction of sp³-hybridized carbons (Fsp3) is 0.700. The van der Waals surface area contributed by atoms with Crippen LogP contribution in [0.2, 0.25) is 0 Å². The average Bonchev–Trinajstić information content (AvgIpc) is 2.61. The van der Waals surface area contributed by atoms with E-state index < -0.39 is 0 Å². The Morgan fingerprint density at radius 1 is 1.60 bits per heavy atom. The number of hydrogen-bond acceptors (Lipinski definition) is 4. The van der Waals surface area contributed by atoms with Gasteiger partial charge in [-0.2, -0.15) is 0 Å². The van der Waals surface area contributed by atoms with Crippen LogP contribution < -0.4 is 5.32 Å². The summed E-state index contributed by atoms with van der Waals surface area (Å²) >= 11 is 0. The van der Waals surface area contributed by atoms with Crippen molar-refractivity contribution in [2.75, 3.05) is 19.6 Å². The predicted octanol–water partition coefficient (Wildman–Crippen LogP) is 1.28. The topological polar surface area (TPSA) is 41.3 Å². The van der Waals surface area contributed by atoms with Gasteiger partial charge in [-0.15, -0.1) is 12.4 Å². The molecule has 0 amide bonds. The van der Waals surface area contributed by atoms with Crippen molar-refractivity contribution in [3.63, 3.8) is 0 Å². The zero-order valence-electron chi connectivity index (χ0n) is 9.19. The largest absolute Gasteiger partial charge is 0.364 e. The second kappa shape index (κ2) is 4.96. The first-order valence-electron chi connectivity index (χ1n) is 5.03. The summed E-state index contributed by atoms with van der Waals surface area (Å²) in [4.78, 5) is 2.43. The lowest BCUT2D eigenvalue weighted by Crippen LogP contribution is -2.57. The van der Waals surface area contributed by atoms with Crippen LogP contribution in [-0.4, -0.2) is 35.2 Å². The average molecular weight is 232 g/mol. The molecule has 2 rings (SSSR count). The van der Waals surface area contributed by atoms with Gasteiger partial charge in [0.15, 0.2) is 0 Å². The molecule has 0 radical (unpaired) electrons. The third kappa shape index (κ3) is 2.93. The number of aromatic nitrogens is 1. The van der Waals surface area contributed by atoms with Crippen molar-refractivity contribution in [3.8, 4) is 0 Å². The third-order valence-electron chi connectivity index (χ3n) is 2.82. The monoisotopic (exact) mass is 231 g/mol. The molecule has 86 valence electrons. The van der Waals surface area contributed by atoms with Crippen LogP contribution in [0.3, 0.4) is 0 Å². The molecule has 1 aliphatic heterocycles. The zero-order valence-corrected chi connectivity index (χ0v) is 10.0. The summed E-state index contributed by atoms with van der Waals surface area (Å²) < 4.78 is 4.83. The molecule has 1 saturated heterocycles. The smallest absolute Gasteiger partial charge is 0.124 e. The number of nitrogens with zero attached hydrogens (tertiary/aromatic N) is 2. The van der Waals surface area contributed by atoms with Crippen molar-refractivity contribution in [3.05, 3.63) is 18.0 Å². The molecule has 0 spiro atoms. The van der Waals surface area contributed by atoms with Crippen molar-refractivity contribution >= 4 is 12.4 Å². The Morgan fingerprint density at radius 3 is 3.00 bits per heavy atom. The molecule has 1 aromatic rings. The van der Waals surface area contributed by atoms with Crippen LogP contribution >= 0.6 is 12.4 Å². The lowest BCUT2D eigenvalue weighted by atomic mass is 10.00. The van der Waals surface area contributed by atoms with Gasteiger partial charge in [-0.1, -0.05) is 5.16 Å². The molecule has 0 unspecified atom stereocenters. The molecule has 0 aromatic carbocycles. The molecule has 0 bridgehead atoms. The van der Waals surface area contributed by atoms with Gasteiger partial charge in [0, 0.05) is 37.8 Å². The number of nitrogens with one attached hydrogen (secondary N) is 1. The summed E-state index contributed by atoms with van der Waals surface area (Å²) in [5, 5.41) is 7.34. The van der Waals surface area contributed by atoms with Gasteiger partial charge in [-0.3, -0.25) is 4.90 Å². The minimum Gasteiger partial charge on any atom is -0.364 e. The van der Waals surface area contributed by atoms with Gasteiger partial charge < -0.3 is 9.84 Å². The van der Waals surface area contributed by atoms with E-state index in [2.05, 4.69) is 29.2 Å². The number of halogens is 1. The van der Waals surface area contributed by atoms with Crippen molar-refractivity contribution in [1.82, 2.24) is 15.4 Å². The van der Waals surface area contributed by atoms with Gasteiger partial charge in [0.1, 0.15) is 6.26 Å². The highest BCUT2D eigenvalue weighted by molar-refractivity contribution is 5.85. The molecule has 1 aromatic heterocycles. The van der Waals surface area contributed by atoms with Crippen LogP contribution in [-0.2, 0) is 6.54 Å². The molecule has 2 heterocycles. The van der Waals surface area contributed by atoms with Crippen molar-refractivity contribution in [2.24, 2.45) is 0 Å². The van der Waals surface area contributed by atoms with Crippen LogP contribution in [0.5, 0.6) is 0 Å². The summed E-state index contributed by atoms with van der Waals surface area (Å²) in [6, 6.07) is 1.93. The van der Waals surface area contributed by atoms with E-state index in [9.17, 15) is 0 Å². The van der Waals surface area contributed by atoms with E-state index in [4.69, 9.17) is 4.52 Å². The maximum atomic E-state index is 4.83. The standard InChI is InChI=1S/C10H17N3O.ClH/c1-10(2)8-11-4-5-13(10)7-9-3-6-14-12-9;/h3,6,11H,4-5,7-8H2,1-2H3;1H.